The quantitative estimate of drug-likeness (QED) is 0.761. The second-order valence-electron chi connectivity index (χ2n) is 5.45. The van der Waals surface area contributed by atoms with E-state index in [2.05, 4.69) is 15.9 Å². The third-order valence-electron chi connectivity index (χ3n) is 4.10. The lowest BCUT2D eigenvalue weighted by atomic mass is 9.90. The van der Waals surface area contributed by atoms with Crippen molar-refractivity contribution in [1.29, 1.82) is 0 Å². The van der Waals surface area contributed by atoms with Crippen LogP contribution in [0.15, 0.2) is 57.9 Å². The minimum atomic E-state index is -3.79. The van der Waals surface area contributed by atoms with Gasteiger partial charge in [-0.3, -0.25) is 4.18 Å². The van der Waals surface area contributed by atoms with Crippen LogP contribution in [0.4, 0.5) is 0 Å². The Balaban J connectivity index is 1.60. The van der Waals surface area contributed by atoms with Gasteiger partial charge in [-0.15, -0.1) is 0 Å². The molecular weight excluding hydrogens is 368 g/mol. The summed E-state index contributed by atoms with van der Waals surface area (Å²) >= 11 is 3.29. The van der Waals surface area contributed by atoms with Crippen molar-refractivity contribution >= 4 is 26.0 Å². The first-order valence-electron chi connectivity index (χ1n) is 6.98. The van der Waals surface area contributed by atoms with Gasteiger partial charge in [0, 0.05) is 10.9 Å². The van der Waals surface area contributed by atoms with Gasteiger partial charge >= 0.3 is 0 Å². The van der Waals surface area contributed by atoms with E-state index in [0.717, 1.165) is 15.6 Å². The van der Waals surface area contributed by atoms with Crippen molar-refractivity contribution in [2.45, 2.75) is 29.6 Å². The second kappa shape index (κ2) is 5.16. The minimum absolute atomic E-state index is 0.0636. The minimum Gasteiger partial charge on any atom is -0.363 e. The summed E-state index contributed by atoms with van der Waals surface area (Å²) in [6.45, 7) is 0. The molecular formula is C16H13BrO4S. The lowest BCUT2D eigenvalue weighted by molar-refractivity contribution is 0.0397. The molecule has 2 bridgehead atoms. The van der Waals surface area contributed by atoms with Gasteiger partial charge in [0.05, 0.1) is 11.0 Å². The van der Waals surface area contributed by atoms with Crippen LogP contribution in [0.2, 0.25) is 0 Å². The van der Waals surface area contributed by atoms with Crippen molar-refractivity contribution in [2.75, 3.05) is 0 Å². The molecule has 114 valence electrons. The van der Waals surface area contributed by atoms with Crippen molar-refractivity contribution < 1.29 is 17.3 Å². The monoisotopic (exact) mass is 380 g/mol. The molecule has 2 aromatic rings. The van der Waals surface area contributed by atoms with Gasteiger partial charge in [-0.25, -0.2) is 0 Å². The Labute approximate surface area is 137 Å². The molecule has 4 nitrogen and oxygen atoms in total. The molecule has 4 rings (SSSR count). The van der Waals surface area contributed by atoms with Gasteiger partial charge in [0.15, 0.2) is 0 Å². The summed E-state index contributed by atoms with van der Waals surface area (Å²) in [7, 11) is -3.79. The molecule has 2 heterocycles. The lowest BCUT2D eigenvalue weighted by Gasteiger charge is -2.21. The third kappa shape index (κ3) is 2.31. The highest BCUT2D eigenvalue weighted by Crippen LogP contribution is 2.52. The maximum Gasteiger partial charge on any atom is 0.297 e. The van der Waals surface area contributed by atoms with E-state index in [1.54, 1.807) is 12.1 Å². The van der Waals surface area contributed by atoms with Crippen LogP contribution >= 0.6 is 15.9 Å². The molecule has 0 aromatic heterocycles. The molecule has 2 aliphatic rings. The summed E-state index contributed by atoms with van der Waals surface area (Å²) in [5, 5.41) is 0. The molecule has 1 fully saturated rings. The van der Waals surface area contributed by atoms with Crippen LogP contribution in [0, 0.1) is 0 Å². The summed E-state index contributed by atoms with van der Waals surface area (Å²) in [6.07, 6.45) is -0.261. The van der Waals surface area contributed by atoms with Crippen molar-refractivity contribution in [3.8, 4) is 0 Å². The Morgan fingerprint density at radius 3 is 2.45 bits per heavy atom. The van der Waals surface area contributed by atoms with Gasteiger partial charge in [-0.2, -0.15) is 8.42 Å². The zero-order chi connectivity index (χ0) is 15.3. The Bertz CT molecular complexity index is 816. The van der Waals surface area contributed by atoms with Gasteiger partial charge in [0.2, 0.25) is 0 Å². The van der Waals surface area contributed by atoms with Gasteiger partial charge < -0.3 is 4.74 Å². The average Bonchev–Trinajstić information content (AvgIpc) is 3.06. The maximum absolute atomic E-state index is 12.4. The summed E-state index contributed by atoms with van der Waals surface area (Å²) in [4.78, 5) is 0.159. The van der Waals surface area contributed by atoms with Gasteiger partial charge in [-0.05, 0) is 35.4 Å². The van der Waals surface area contributed by atoms with Crippen LogP contribution in [-0.2, 0) is 19.0 Å². The molecule has 6 heteroatoms. The predicted molar refractivity (Wildman–Crippen MR) is 83.8 cm³/mol. The number of fused-ring (bicyclic) bond motifs is 5. The summed E-state index contributed by atoms with van der Waals surface area (Å²) in [5.41, 5.74) is 2.18. The van der Waals surface area contributed by atoms with Crippen LogP contribution in [0.3, 0.4) is 0 Å². The van der Waals surface area contributed by atoms with E-state index < -0.39 is 16.2 Å². The number of ether oxygens (including phenoxy) is 1. The fourth-order valence-corrected chi connectivity index (χ4v) is 4.45. The molecule has 1 saturated heterocycles. The first kappa shape index (κ1) is 14.4. The van der Waals surface area contributed by atoms with Crippen LogP contribution in [0.1, 0.15) is 29.8 Å². The highest BCUT2D eigenvalue weighted by atomic mass is 79.9. The Morgan fingerprint density at radius 1 is 1.05 bits per heavy atom. The van der Waals surface area contributed by atoms with Crippen LogP contribution < -0.4 is 0 Å². The summed E-state index contributed by atoms with van der Waals surface area (Å²) in [6, 6.07) is 14.3. The first-order chi connectivity index (χ1) is 10.5. The van der Waals surface area contributed by atoms with E-state index in [1.807, 2.05) is 24.3 Å². The van der Waals surface area contributed by atoms with Crippen LogP contribution in [-0.4, -0.2) is 14.5 Å². The first-order valence-corrected chi connectivity index (χ1v) is 9.18. The summed E-state index contributed by atoms with van der Waals surface area (Å²) in [5.74, 6) is 0. The average molecular weight is 381 g/mol. The molecule has 0 aliphatic carbocycles. The topological polar surface area (TPSA) is 52.6 Å². The smallest absolute Gasteiger partial charge is 0.297 e. The Morgan fingerprint density at radius 2 is 1.73 bits per heavy atom. The van der Waals surface area contributed by atoms with Gasteiger partial charge in [0.25, 0.3) is 10.1 Å². The molecule has 2 aromatic carbocycles. The largest absolute Gasteiger partial charge is 0.363 e. The molecule has 0 radical (unpaired) electrons. The third-order valence-corrected chi connectivity index (χ3v) is 5.98. The van der Waals surface area contributed by atoms with Crippen molar-refractivity contribution in [3.63, 3.8) is 0 Å². The molecule has 0 spiro atoms. The van der Waals surface area contributed by atoms with E-state index in [0.29, 0.717) is 6.42 Å². The normalized spacial score (nSPS) is 26.1. The Hall–Kier alpha value is -1.21. The molecule has 3 atom stereocenters. The number of rotatable bonds is 3. The van der Waals surface area contributed by atoms with Crippen molar-refractivity contribution in [1.82, 2.24) is 0 Å². The molecule has 0 N–H and O–H groups in total. The number of hydrogen-bond donors (Lipinski definition) is 0. The van der Waals surface area contributed by atoms with E-state index >= 15 is 0 Å². The fourth-order valence-electron chi connectivity index (χ4n) is 3.10. The van der Waals surface area contributed by atoms with Crippen molar-refractivity contribution in [3.05, 3.63) is 64.1 Å². The van der Waals surface area contributed by atoms with E-state index in [1.165, 1.54) is 12.1 Å². The van der Waals surface area contributed by atoms with Gasteiger partial charge in [-0.1, -0.05) is 40.2 Å². The zero-order valence-corrected chi connectivity index (χ0v) is 13.9. The SMILES string of the molecule is O=S(=O)(O[C@H]1C[C@@H]2O[C@@H]1c1ccccc12)c1ccc(Br)cc1. The number of halogens is 1. The van der Waals surface area contributed by atoms with Gasteiger partial charge in [0.1, 0.15) is 12.2 Å². The molecule has 2 aliphatic heterocycles. The number of benzene rings is 2. The molecule has 0 amide bonds. The predicted octanol–water partition coefficient (Wildman–Crippen LogP) is 3.74. The van der Waals surface area contributed by atoms with Crippen LogP contribution in [0.5, 0.6) is 0 Å². The Kier molecular flexibility index (Phi) is 3.38. The second-order valence-corrected chi connectivity index (χ2v) is 7.94. The molecule has 0 unspecified atom stereocenters. The summed E-state index contributed by atoms with van der Waals surface area (Å²) < 4.78 is 36.9. The highest BCUT2D eigenvalue weighted by Gasteiger charge is 2.47. The molecule has 22 heavy (non-hydrogen) atoms. The van der Waals surface area contributed by atoms with Crippen molar-refractivity contribution in [2.24, 2.45) is 0 Å². The maximum atomic E-state index is 12.4. The van der Waals surface area contributed by atoms with E-state index in [9.17, 15) is 8.42 Å². The van der Waals surface area contributed by atoms with E-state index in [-0.39, 0.29) is 17.1 Å². The molecule has 0 saturated carbocycles. The lowest BCUT2D eigenvalue weighted by Crippen LogP contribution is -2.23. The number of hydrogen-bond acceptors (Lipinski definition) is 4. The zero-order valence-electron chi connectivity index (χ0n) is 11.5. The van der Waals surface area contributed by atoms with Crippen LogP contribution in [0.25, 0.3) is 0 Å². The highest BCUT2D eigenvalue weighted by molar-refractivity contribution is 9.10. The fraction of sp³-hybridized carbons (Fsp3) is 0.250. The van der Waals surface area contributed by atoms with E-state index in [4.69, 9.17) is 8.92 Å². The standard InChI is InChI=1S/C16H13BrO4S/c17-10-5-7-11(8-6-10)22(18,19)21-15-9-14-12-3-1-2-4-13(12)16(15)20-14/h1-8,14-16H,9H2/t14-,15-,16+/m0/s1.